The maximum atomic E-state index is 14.7. The normalized spacial score (nSPS) is 24.8. The lowest BCUT2D eigenvalue weighted by molar-refractivity contribution is -0.145. The van der Waals surface area contributed by atoms with E-state index in [4.69, 9.17) is 4.74 Å². The second-order valence-corrected chi connectivity index (χ2v) is 12.1. The molecule has 3 heterocycles. The minimum atomic E-state index is -1.12. The molecule has 9 heteroatoms. The molecule has 3 fully saturated rings. The molecule has 0 aromatic heterocycles. The summed E-state index contributed by atoms with van der Waals surface area (Å²) in [4.78, 5) is 50.5. The zero-order valence-corrected chi connectivity index (χ0v) is 26.5. The van der Waals surface area contributed by atoms with Gasteiger partial charge in [0.1, 0.15) is 11.6 Å². The standard InChI is InChI=1S/C36H46N4O5/c1-5-21-38(25-26-13-10-9-11-14-26)33(42)30-29-19-20-36(45-29)31(30)34(43)40(23-12-24-41)32(36)35(44)39(22-6-2)28-17-15-27(16-18-28)37(7-3)8-4/h5-6,9-11,13-18,29-32,41H,1-2,7-8,12,19-25H2,3-4H3/t29-,30+,31-,32?,36?/m0/s1. The number of nitrogens with zero attached hydrogens (tertiary/aromatic N) is 4. The number of ether oxygens (including phenoxy) is 1. The molecule has 0 aliphatic carbocycles. The summed E-state index contributed by atoms with van der Waals surface area (Å²) in [5.74, 6) is -2.16. The van der Waals surface area contributed by atoms with Crippen LogP contribution in [0.2, 0.25) is 0 Å². The van der Waals surface area contributed by atoms with E-state index in [1.165, 1.54) is 0 Å². The minimum absolute atomic E-state index is 0.123. The lowest BCUT2D eigenvalue weighted by Gasteiger charge is -2.37. The Bertz CT molecular complexity index is 1380. The van der Waals surface area contributed by atoms with Gasteiger partial charge in [-0.25, -0.2) is 0 Å². The van der Waals surface area contributed by atoms with E-state index in [9.17, 15) is 19.5 Å². The first kappa shape index (κ1) is 32.4. The number of carbonyl (C=O) groups excluding carboxylic acids is 3. The molecule has 3 saturated heterocycles. The number of rotatable bonds is 15. The molecule has 1 spiro atoms. The van der Waals surface area contributed by atoms with Crippen LogP contribution in [0.5, 0.6) is 0 Å². The van der Waals surface area contributed by atoms with Crippen LogP contribution in [0.1, 0.15) is 38.7 Å². The Morgan fingerprint density at radius 3 is 2.29 bits per heavy atom. The molecule has 3 amide bonds. The van der Waals surface area contributed by atoms with Gasteiger partial charge in [-0.3, -0.25) is 14.4 Å². The van der Waals surface area contributed by atoms with Crippen molar-refractivity contribution < 1.29 is 24.2 Å². The van der Waals surface area contributed by atoms with E-state index < -0.39 is 29.6 Å². The molecule has 2 aromatic carbocycles. The third-order valence-electron chi connectivity index (χ3n) is 9.62. The molecule has 45 heavy (non-hydrogen) atoms. The molecule has 0 saturated carbocycles. The van der Waals surface area contributed by atoms with Crippen molar-refractivity contribution >= 4 is 29.1 Å². The summed E-state index contributed by atoms with van der Waals surface area (Å²) in [5, 5.41) is 9.71. The Morgan fingerprint density at radius 2 is 1.67 bits per heavy atom. The van der Waals surface area contributed by atoms with Crippen molar-refractivity contribution in [1.82, 2.24) is 9.80 Å². The summed E-state index contributed by atoms with van der Waals surface area (Å²) in [7, 11) is 0. The van der Waals surface area contributed by atoms with Crippen LogP contribution < -0.4 is 9.80 Å². The van der Waals surface area contributed by atoms with Gasteiger partial charge in [-0.05, 0) is 62.9 Å². The Hall–Kier alpha value is -3.95. The van der Waals surface area contributed by atoms with Crippen molar-refractivity contribution in [3.05, 3.63) is 85.5 Å². The van der Waals surface area contributed by atoms with Crippen LogP contribution in [0.25, 0.3) is 0 Å². The van der Waals surface area contributed by atoms with Crippen LogP contribution in [0.15, 0.2) is 79.9 Å². The van der Waals surface area contributed by atoms with E-state index in [-0.39, 0.29) is 37.4 Å². The average Bonchev–Trinajstić information content (AvgIpc) is 3.70. The first-order valence-corrected chi connectivity index (χ1v) is 16.1. The highest BCUT2D eigenvalue weighted by molar-refractivity contribution is 6.05. The number of amides is 3. The fourth-order valence-corrected chi connectivity index (χ4v) is 7.63. The molecule has 1 N–H and O–H groups in total. The summed E-state index contributed by atoms with van der Waals surface area (Å²) in [6.45, 7) is 14.7. The monoisotopic (exact) mass is 614 g/mol. The Morgan fingerprint density at radius 1 is 1.00 bits per heavy atom. The van der Waals surface area contributed by atoms with Gasteiger partial charge in [-0.2, -0.15) is 0 Å². The molecule has 2 bridgehead atoms. The number of aliphatic hydroxyl groups excluding tert-OH is 1. The van der Waals surface area contributed by atoms with E-state index in [1.807, 2.05) is 54.6 Å². The topological polar surface area (TPSA) is 93.6 Å². The number of hydrogen-bond acceptors (Lipinski definition) is 6. The van der Waals surface area contributed by atoms with Crippen molar-refractivity contribution in [3.8, 4) is 0 Å². The number of carbonyl (C=O) groups is 3. The van der Waals surface area contributed by atoms with Crippen LogP contribution >= 0.6 is 0 Å². The predicted molar refractivity (Wildman–Crippen MR) is 176 cm³/mol. The second-order valence-electron chi connectivity index (χ2n) is 12.1. The highest BCUT2D eigenvalue weighted by atomic mass is 16.5. The third-order valence-corrected chi connectivity index (χ3v) is 9.62. The molecule has 9 nitrogen and oxygen atoms in total. The van der Waals surface area contributed by atoms with Crippen molar-refractivity contribution in [3.63, 3.8) is 0 Å². The Labute approximate surface area is 266 Å². The van der Waals surface area contributed by atoms with Gasteiger partial charge < -0.3 is 29.4 Å². The number of anilines is 2. The molecule has 240 valence electrons. The molecule has 2 aromatic rings. The second kappa shape index (κ2) is 14.0. The smallest absolute Gasteiger partial charge is 0.253 e. The number of aliphatic hydroxyl groups is 1. The highest BCUT2D eigenvalue weighted by Gasteiger charge is 2.74. The molecule has 5 atom stereocenters. The predicted octanol–water partition coefficient (Wildman–Crippen LogP) is 4.02. The lowest BCUT2D eigenvalue weighted by Crippen LogP contribution is -2.56. The van der Waals surface area contributed by atoms with Crippen LogP contribution in [-0.4, -0.2) is 89.7 Å². The summed E-state index contributed by atoms with van der Waals surface area (Å²) in [6, 6.07) is 16.7. The van der Waals surface area contributed by atoms with Gasteiger partial charge in [0, 0.05) is 57.3 Å². The van der Waals surface area contributed by atoms with E-state index in [0.717, 1.165) is 24.3 Å². The highest BCUT2D eigenvalue weighted by Crippen LogP contribution is 2.59. The summed E-state index contributed by atoms with van der Waals surface area (Å²) >= 11 is 0. The van der Waals surface area contributed by atoms with E-state index in [1.54, 1.807) is 26.9 Å². The fraction of sp³-hybridized carbons (Fsp3) is 0.472. The van der Waals surface area contributed by atoms with Gasteiger partial charge in [0.25, 0.3) is 5.91 Å². The Balaban J connectivity index is 1.49. The average molecular weight is 615 g/mol. The molecule has 2 unspecified atom stereocenters. The summed E-state index contributed by atoms with van der Waals surface area (Å²) < 4.78 is 6.68. The maximum Gasteiger partial charge on any atom is 0.253 e. The zero-order valence-electron chi connectivity index (χ0n) is 26.5. The SMILES string of the molecule is C=CCN(Cc1ccccc1)C(=O)[C@@H]1[C@@H]2CCC3(O2)C(C(=O)N(CC=C)c2ccc(N(CC)CC)cc2)N(CCCO)C(=O)[C@H]13. The molecular formula is C36H46N4O5. The largest absolute Gasteiger partial charge is 0.396 e. The number of benzene rings is 2. The number of hydrogen-bond donors (Lipinski definition) is 1. The first-order chi connectivity index (χ1) is 21.8. The quantitative estimate of drug-likeness (QED) is 0.305. The third kappa shape index (κ3) is 5.91. The molecule has 0 radical (unpaired) electrons. The molecular weight excluding hydrogens is 568 g/mol. The number of fused-ring (bicyclic) bond motifs is 1. The van der Waals surface area contributed by atoms with Crippen LogP contribution in [0.3, 0.4) is 0 Å². The fourth-order valence-electron chi connectivity index (χ4n) is 7.63. The van der Waals surface area contributed by atoms with Crippen molar-refractivity contribution in [1.29, 1.82) is 0 Å². The van der Waals surface area contributed by atoms with Crippen LogP contribution in [0, 0.1) is 11.8 Å². The lowest BCUT2D eigenvalue weighted by atomic mass is 9.70. The molecule has 5 rings (SSSR count). The van der Waals surface area contributed by atoms with Crippen LogP contribution in [-0.2, 0) is 25.7 Å². The van der Waals surface area contributed by atoms with Gasteiger partial charge >= 0.3 is 0 Å². The Kier molecular flexibility index (Phi) is 10.1. The summed E-state index contributed by atoms with van der Waals surface area (Å²) in [5.41, 5.74) is 1.62. The van der Waals surface area contributed by atoms with Crippen LogP contribution in [0.4, 0.5) is 11.4 Å². The van der Waals surface area contributed by atoms with E-state index in [0.29, 0.717) is 38.0 Å². The number of likely N-dealkylation sites (tertiary alicyclic amines) is 1. The molecule has 3 aliphatic rings. The van der Waals surface area contributed by atoms with E-state index >= 15 is 0 Å². The zero-order chi connectivity index (χ0) is 32.1. The van der Waals surface area contributed by atoms with Gasteiger partial charge in [-0.15, -0.1) is 13.2 Å². The molecule has 3 aliphatic heterocycles. The maximum absolute atomic E-state index is 14.7. The van der Waals surface area contributed by atoms with Gasteiger partial charge in [-0.1, -0.05) is 42.5 Å². The first-order valence-electron chi connectivity index (χ1n) is 16.1. The minimum Gasteiger partial charge on any atom is -0.396 e. The van der Waals surface area contributed by atoms with Gasteiger partial charge in [0.15, 0.2) is 0 Å². The van der Waals surface area contributed by atoms with Crippen molar-refractivity contribution in [2.75, 3.05) is 49.1 Å². The van der Waals surface area contributed by atoms with Gasteiger partial charge in [0.2, 0.25) is 11.8 Å². The van der Waals surface area contributed by atoms with Crippen molar-refractivity contribution in [2.45, 2.75) is 57.4 Å². The summed E-state index contributed by atoms with van der Waals surface area (Å²) in [6.07, 6.45) is 4.33. The van der Waals surface area contributed by atoms with Crippen molar-refractivity contribution in [2.24, 2.45) is 11.8 Å². The van der Waals surface area contributed by atoms with E-state index in [2.05, 4.69) is 31.9 Å². The van der Waals surface area contributed by atoms with Gasteiger partial charge in [0.05, 0.1) is 17.9 Å².